The standard InChI is InChI=1S/C25H30N4O2/c1-20(30)26-15-6-2-3-10-25(31)27-18-23-8-4-5-9-24(23)22-13-11-21(12-14-22)19-29-17-7-16-28-29/h4-5,7-9,11-14,16-17H,2-3,6,10,15,18-19H2,1H3,(H,26,30)(H,27,31). The van der Waals surface area contributed by atoms with Crippen LogP contribution in [0.4, 0.5) is 0 Å². The second-order valence-corrected chi connectivity index (χ2v) is 7.63. The van der Waals surface area contributed by atoms with Crippen LogP contribution in [0.5, 0.6) is 0 Å². The zero-order chi connectivity index (χ0) is 21.9. The Bertz CT molecular complexity index is 965. The van der Waals surface area contributed by atoms with Gasteiger partial charge in [0.1, 0.15) is 0 Å². The maximum Gasteiger partial charge on any atom is 0.220 e. The summed E-state index contributed by atoms with van der Waals surface area (Å²) in [6, 6.07) is 18.6. The summed E-state index contributed by atoms with van der Waals surface area (Å²) in [5, 5.41) is 10.1. The smallest absolute Gasteiger partial charge is 0.220 e. The Hall–Kier alpha value is -3.41. The summed E-state index contributed by atoms with van der Waals surface area (Å²) in [5.74, 6) is 0.0489. The van der Waals surface area contributed by atoms with E-state index in [4.69, 9.17) is 0 Å². The predicted octanol–water partition coefficient (Wildman–Crippen LogP) is 3.91. The number of amides is 2. The summed E-state index contributed by atoms with van der Waals surface area (Å²) in [5.41, 5.74) is 4.55. The number of hydrogen-bond acceptors (Lipinski definition) is 3. The first-order chi connectivity index (χ1) is 15.1. The first-order valence-corrected chi connectivity index (χ1v) is 10.8. The minimum absolute atomic E-state index is 0.0102. The number of nitrogens with one attached hydrogen (secondary N) is 2. The quantitative estimate of drug-likeness (QED) is 0.464. The lowest BCUT2D eigenvalue weighted by molar-refractivity contribution is -0.121. The number of unbranched alkanes of at least 4 members (excludes halogenated alkanes) is 2. The molecule has 0 saturated carbocycles. The van der Waals surface area contributed by atoms with Gasteiger partial charge in [0.2, 0.25) is 11.8 Å². The van der Waals surface area contributed by atoms with Crippen molar-refractivity contribution in [2.75, 3.05) is 6.54 Å². The number of nitrogens with zero attached hydrogens (tertiary/aromatic N) is 2. The highest BCUT2D eigenvalue weighted by Gasteiger charge is 2.07. The van der Waals surface area contributed by atoms with Gasteiger partial charge in [-0.15, -0.1) is 0 Å². The number of benzene rings is 2. The minimum atomic E-state index is -0.0102. The lowest BCUT2D eigenvalue weighted by atomic mass is 9.98. The third-order valence-corrected chi connectivity index (χ3v) is 5.12. The summed E-state index contributed by atoms with van der Waals surface area (Å²) >= 11 is 0. The maximum absolute atomic E-state index is 12.2. The van der Waals surface area contributed by atoms with Gasteiger partial charge >= 0.3 is 0 Å². The molecule has 2 amide bonds. The molecule has 3 rings (SSSR count). The molecule has 0 spiro atoms. The molecule has 0 radical (unpaired) electrons. The van der Waals surface area contributed by atoms with E-state index in [-0.39, 0.29) is 11.8 Å². The molecule has 162 valence electrons. The van der Waals surface area contributed by atoms with E-state index in [1.807, 2.05) is 29.1 Å². The molecule has 31 heavy (non-hydrogen) atoms. The molecule has 2 N–H and O–H groups in total. The van der Waals surface area contributed by atoms with Crippen LogP contribution in [-0.4, -0.2) is 28.1 Å². The fourth-order valence-corrected chi connectivity index (χ4v) is 3.46. The largest absolute Gasteiger partial charge is 0.356 e. The molecule has 0 aliphatic heterocycles. The highest BCUT2D eigenvalue weighted by molar-refractivity contribution is 5.76. The topological polar surface area (TPSA) is 76.0 Å². The monoisotopic (exact) mass is 418 g/mol. The number of hydrogen-bond donors (Lipinski definition) is 2. The molecule has 0 aliphatic rings. The summed E-state index contributed by atoms with van der Waals surface area (Å²) < 4.78 is 1.90. The molecule has 0 unspecified atom stereocenters. The minimum Gasteiger partial charge on any atom is -0.356 e. The summed E-state index contributed by atoms with van der Waals surface area (Å²) in [6.07, 6.45) is 6.88. The van der Waals surface area contributed by atoms with Crippen LogP contribution < -0.4 is 10.6 Å². The van der Waals surface area contributed by atoms with Crippen LogP contribution in [0.1, 0.15) is 43.7 Å². The fraction of sp³-hybridized carbons (Fsp3) is 0.320. The normalized spacial score (nSPS) is 10.6. The van der Waals surface area contributed by atoms with Gasteiger partial charge in [-0.2, -0.15) is 5.10 Å². The molecule has 3 aromatic rings. The molecule has 0 atom stereocenters. The molecule has 1 heterocycles. The van der Waals surface area contributed by atoms with Crippen molar-refractivity contribution in [3.8, 4) is 11.1 Å². The SMILES string of the molecule is CC(=O)NCCCCCC(=O)NCc1ccccc1-c1ccc(Cn2cccn2)cc1. The average Bonchev–Trinajstić information content (AvgIpc) is 3.28. The second-order valence-electron chi connectivity index (χ2n) is 7.63. The summed E-state index contributed by atoms with van der Waals surface area (Å²) in [4.78, 5) is 23.0. The maximum atomic E-state index is 12.2. The predicted molar refractivity (Wildman–Crippen MR) is 122 cm³/mol. The third kappa shape index (κ3) is 7.41. The van der Waals surface area contributed by atoms with Gasteiger partial charge in [-0.1, -0.05) is 55.0 Å². The van der Waals surface area contributed by atoms with Gasteiger partial charge in [0.15, 0.2) is 0 Å². The fourth-order valence-electron chi connectivity index (χ4n) is 3.46. The van der Waals surface area contributed by atoms with E-state index in [9.17, 15) is 9.59 Å². The number of carbonyl (C=O) groups is 2. The van der Waals surface area contributed by atoms with Crippen molar-refractivity contribution in [2.24, 2.45) is 0 Å². The highest BCUT2D eigenvalue weighted by atomic mass is 16.2. The van der Waals surface area contributed by atoms with Gasteiger partial charge in [-0.05, 0) is 41.2 Å². The second kappa shape index (κ2) is 11.7. The molecule has 2 aromatic carbocycles. The zero-order valence-corrected chi connectivity index (χ0v) is 18.0. The van der Waals surface area contributed by atoms with Crippen LogP contribution in [0.25, 0.3) is 11.1 Å². The molecule has 0 bridgehead atoms. The van der Waals surface area contributed by atoms with Crippen LogP contribution in [0.3, 0.4) is 0 Å². The number of rotatable bonds is 11. The van der Waals surface area contributed by atoms with Crippen molar-refractivity contribution in [1.29, 1.82) is 0 Å². The molecule has 6 heteroatoms. The average molecular weight is 419 g/mol. The Labute approximate surface area is 183 Å². The van der Waals surface area contributed by atoms with Crippen molar-refractivity contribution in [3.05, 3.63) is 78.1 Å². The van der Waals surface area contributed by atoms with Gasteiger partial charge in [-0.25, -0.2) is 0 Å². The Morgan fingerprint density at radius 3 is 2.48 bits per heavy atom. The number of carbonyl (C=O) groups excluding carboxylic acids is 2. The Morgan fingerprint density at radius 2 is 1.74 bits per heavy atom. The number of aromatic nitrogens is 2. The lowest BCUT2D eigenvalue weighted by Crippen LogP contribution is -2.23. The molecule has 6 nitrogen and oxygen atoms in total. The van der Waals surface area contributed by atoms with Gasteiger partial charge < -0.3 is 10.6 Å². The Balaban J connectivity index is 1.49. The first-order valence-electron chi connectivity index (χ1n) is 10.8. The van der Waals surface area contributed by atoms with Crippen molar-refractivity contribution >= 4 is 11.8 Å². The molecule has 0 aliphatic carbocycles. The van der Waals surface area contributed by atoms with Gasteiger partial charge in [0.05, 0.1) is 6.54 Å². The van der Waals surface area contributed by atoms with Crippen LogP contribution >= 0.6 is 0 Å². The van der Waals surface area contributed by atoms with E-state index >= 15 is 0 Å². The molecular weight excluding hydrogens is 388 g/mol. The molecular formula is C25H30N4O2. The first kappa shape index (κ1) is 22.3. The lowest BCUT2D eigenvalue weighted by Gasteiger charge is -2.12. The zero-order valence-electron chi connectivity index (χ0n) is 18.0. The van der Waals surface area contributed by atoms with Gasteiger partial charge in [0.25, 0.3) is 0 Å². The Morgan fingerprint density at radius 1 is 0.935 bits per heavy atom. The van der Waals surface area contributed by atoms with E-state index in [1.54, 1.807) is 6.20 Å². The van der Waals surface area contributed by atoms with Crippen molar-refractivity contribution in [2.45, 2.75) is 45.7 Å². The van der Waals surface area contributed by atoms with E-state index in [0.717, 1.165) is 42.5 Å². The van der Waals surface area contributed by atoms with E-state index in [1.165, 1.54) is 12.5 Å². The van der Waals surface area contributed by atoms with E-state index in [2.05, 4.69) is 52.1 Å². The summed E-state index contributed by atoms with van der Waals surface area (Å²) in [7, 11) is 0. The van der Waals surface area contributed by atoms with Crippen molar-refractivity contribution < 1.29 is 9.59 Å². The third-order valence-electron chi connectivity index (χ3n) is 5.12. The van der Waals surface area contributed by atoms with E-state index in [0.29, 0.717) is 19.5 Å². The van der Waals surface area contributed by atoms with Crippen LogP contribution in [0.2, 0.25) is 0 Å². The van der Waals surface area contributed by atoms with Gasteiger partial charge in [-0.3, -0.25) is 14.3 Å². The highest BCUT2D eigenvalue weighted by Crippen LogP contribution is 2.24. The van der Waals surface area contributed by atoms with Crippen LogP contribution in [0.15, 0.2) is 67.0 Å². The van der Waals surface area contributed by atoms with Crippen molar-refractivity contribution in [1.82, 2.24) is 20.4 Å². The summed E-state index contributed by atoms with van der Waals surface area (Å²) in [6.45, 7) is 3.44. The van der Waals surface area contributed by atoms with E-state index < -0.39 is 0 Å². The molecule has 0 fully saturated rings. The van der Waals surface area contributed by atoms with Gasteiger partial charge in [0, 0.05) is 38.8 Å². The molecule has 1 aromatic heterocycles. The van der Waals surface area contributed by atoms with Crippen LogP contribution in [-0.2, 0) is 22.7 Å². The molecule has 0 saturated heterocycles. The Kier molecular flexibility index (Phi) is 8.40. The van der Waals surface area contributed by atoms with Crippen LogP contribution in [0, 0.1) is 0 Å². The van der Waals surface area contributed by atoms with Crippen molar-refractivity contribution in [3.63, 3.8) is 0 Å².